The van der Waals surface area contributed by atoms with Gasteiger partial charge in [-0.25, -0.2) is 14.4 Å². The van der Waals surface area contributed by atoms with E-state index in [1.807, 2.05) is 24.3 Å². The number of hydrogen-bond acceptors (Lipinski definition) is 7. The van der Waals surface area contributed by atoms with Crippen LogP contribution in [0.25, 0.3) is 16.9 Å². The molecule has 4 rings (SSSR count). The fourth-order valence-electron chi connectivity index (χ4n) is 2.61. The quantitative estimate of drug-likeness (QED) is 0.385. The summed E-state index contributed by atoms with van der Waals surface area (Å²) >= 11 is 1.22. The maximum atomic E-state index is 13.0. The van der Waals surface area contributed by atoms with Gasteiger partial charge in [-0.3, -0.25) is 4.79 Å². The molecule has 0 aliphatic rings. The van der Waals surface area contributed by atoms with Gasteiger partial charge >= 0.3 is 0 Å². The number of halogens is 1. The molecule has 0 bridgehead atoms. The molecule has 146 valence electrons. The molecular formula is C19H15FN6O2S. The Morgan fingerprint density at radius 3 is 2.83 bits per heavy atom. The molecule has 1 N–H and O–H groups in total. The number of nitrogens with one attached hydrogen (secondary N) is 1. The summed E-state index contributed by atoms with van der Waals surface area (Å²) in [5, 5.41) is 11.6. The number of aromatic nitrogens is 5. The number of nitrogens with zero attached hydrogens (tertiary/aromatic N) is 5. The van der Waals surface area contributed by atoms with E-state index in [1.54, 1.807) is 11.8 Å². The first kappa shape index (κ1) is 18.8. The van der Waals surface area contributed by atoms with Crippen LogP contribution in [-0.4, -0.2) is 43.7 Å². The van der Waals surface area contributed by atoms with E-state index >= 15 is 0 Å². The van der Waals surface area contributed by atoms with Gasteiger partial charge < -0.3 is 10.1 Å². The van der Waals surface area contributed by atoms with Crippen LogP contribution in [0, 0.1) is 5.82 Å². The van der Waals surface area contributed by atoms with Gasteiger partial charge in [-0.2, -0.15) is 4.68 Å². The van der Waals surface area contributed by atoms with Crippen molar-refractivity contribution >= 4 is 34.5 Å². The van der Waals surface area contributed by atoms with E-state index in [4.69, 9.17) is 4.74 Å². The maximum Gasteiger partial charge on any atom is 0.234 e. The van der Waals surface area contributed by atoms with Crippen molar-refractivity contribution < 1.29 is 13.9 Å². The van der Waals surface area contributed by atoms with Gasteiger partial charge in [-0.15, -0.1) is 5.10 Å². The lowest BCUT2D eigenvalue weighted by molar-refractivity contribution is -0.113. The van der Waals surface area contributed by atoms with Crippen molar-refractivity contribution in [1.82, 2.24) is 25.0 Å². The highest BCUT2D eigenvalue weighted by Crippen LogP contribution is 2.25. The minimum absolute atomic E-state index is 0.107. The van der Waals surface area contributed by atoms with Gasteiger partial charge in [0.25, 0.3) is 0 Å². The van der Waals surface area contributed by atoms with Crippen LogP contribution in [0.15, 0.2) is 59.9 Å². The number of carbonyl (C=O) groups is 1. The lowest BCUT2D eigenvalue weighted by Crippen LogP contribution is -2.14. The number of methoxy groups -OCH3 is 1. The predicted octanol–water partition coefficient (Wildman–Crippen LogP) is 3.09. The zero-order valence-electron chi connectivity index (χ0n) is 15.2. The maximum absolute atomic E-state index is 13.0. The second-order valence-corrected chi connectivity index (χ2v) is 6.86. The normalized spacial score (nSPS) is 10.8. The third-order valence-corrected chi connectivity index (χ3v) is 4.95. The minimum Gasteiger partial charge on any atom is -0.497 e. The van der Waals surface area contributed by atoms with Crippen LogP contribution in [0.2, 0.25) is 0 Å². The number of hydrogen-bond donors (Lipinski definition) is 1. The average Bonchev–Trinajstić information content (AvgIpc) is 3.19. The predicted molar refractivity (Wildman–Crippen MR) is 107 cm³/mol. The highest BCUT2D eigenvalue weighted by molar-refractivity contribution is 8.00. The molecule has 8 nitrogen and oxygen atoms in total. The van der Waals surface area contributed by atoms with E-state index in [9.17, 15) is 9.18 Å². The number of amides is 1. The molecule has 0 aliphatic heterocycles. The molecule has 0 saturated carbocycles. The van der Waals surface area contributed by atoms with Crippen molar-refractivity contribution in [2.75, 3.05) is 18.2 Å². The SMILES string of the molecule is COc1cccc(-n2nnc3c(SCC(=O)Nc4ccc(F)cc4)ncnc32)c1. The standard InChI is InChI=1S/C19H15FN6O2S/c1-28-15-4-2-3-14(9-15)26-18-17(24-25-26)19(22-11-21-18)29-10-16(27)23-13-7-5-12(20)6-8-13/h2-9,11H,10H2,1H3,(H,23,27). The van der Waals surface area contributed by atoms with Crippen molar-refractivity contribution in [3.63, 3.8) is 0 Å². The highest BCUT2D eigenvalue weighted by atomic mass is 32.2. The first-order valence-electron chi connectivity index (χ1n) is 8.53. The van der Waals surface area contributed by atoms with Crippen LogP contribution < -0.4 is 10.1 Å². The summed E-state index contributed by atoms with van der Waals surface area (Å²) < 4.78 is 19.8. The Bertz CT molecular complexity index is 1170. The number of ether oxygens (including phenoxy) is 1. The van der Waals surface area contributed by atoms with Crippen LogP contribution in [0.1, 0.15) is 0 Å². The number of benzene rings is 2. The van der Waals surface area contributed by atoms with Crippen LogP contribution in [0.4, 0.5) is 10.1 Å². The van der Waals surface area contributed by atoms with E-state index in [1.165, 1.54) is 42.4 Å². The number of carbonyl (C=O) groups excluding carboxylic acids is 1. The molecule has 0 atom stereocenters. The number of thioether (sulfide) groups is 1. The van der Waals surface area contributed by atoms with E-state index in [0.717, 1.165) is 5.69 Å². The average molecular weight is 410 g/mol. The summed E-state index contributed by atoms with van der Waals surface area (Å²) in [6, 6.07) is 12.9. The zero-order chi connectivity index (χ0) is 20.2. The summed E-state index contributed by atoms with van der Waals surface area (Å²) in [5.41, 5.74) is 2.29. The Morgan fingerprint density at radius 1 is 1.21 bits per heavy atom. The van der Waals surface area contributed by atoms with Crippen molar-refractivity contribution in [1.29, 1.82) is 0 Å². The summed E-state index contributed by atoms with van der Waals surface area (Å²) in [6.45, 7) is 0. The first-order valence-corrected chi connectivity index (χ1v) is 9.51. The summed E-state index contributed by atoms with van der Waals surface area (Å²) in [5.74, 6) is 0.191. The minimum atomic E-state index is -0.361. The Kier molecular flexibility index (Phi) is 5.34. The van der Waals surface area contributed by atoms with Gasteiger partial charge in [0.2, 0.25) is 5.91 Å². The van der Waals surface area contributed by atoms with E-state index in [2.05, 4.69) is 25.6 Å². The topological polar surface area (TPSA) is 94.8 Å². The van der Waals surface area contributed by atoms with Gasteiger partial charge in [0.15, 0.2) is 11.2 Å². The molecule has 29 heavy (non-hydrogen) atoms. The van der Waals surface area contributed by atoms with Crippen molar-refractivity contribution in [2.24, 2.45) is 0 Å². The van der Waals surface area contributed by atoms with Gasteiger partial charge in [0, 0.05) is 11.8 Å². The Labute approximate surface area is 169 Å². The molecular weight excluding hydrogens is 395 g/mol. The summed E-state index contributed by atoms with van der Waals surface area (Å²) in [4.78, 5) is 20.7. The summed E-state index contributed by atoms with van der Waals surface area (Å²) in [7, 11) is 1.59. The molecule has 0 aliphatic carbocycles. The molecule has 4 aromatic rings. The van der Waals surface area contributed by atoms with Gasteiger partial charge in [-0.05, 0) is 36.4 Å². The van der Waals surface area contributed by atoms with Crippen LogP contribution in [0.3, 0.4) is 0 Å². The molecule has 0 fully saturated rings. The van der Waals surface area contributed by atoms with E-state index in [-0.39, 0.29) is 17.5 Å². The van der Waals surface area contributed by atoms with Gasteiger partial charge in [0.05, 0.1) is 18.6 Å². The fraction of sp³-hybridized carbons (Fsp3) is 0.105. The molecule has 0 unspecified atom stereocenters. The molecule has 1 amide bonds. The number of rotatable bonds is 6. The molecule has 2 heterocycles. The van der Waals surface area contributed by atoms with E-state index in [0.29, 0.717) is 27.6 Å². The van der Waals surface area contributed by atoms with Crippen molar-refractivity contribution in [2.45, 2.75) is 5.03 Å². The Morgan fingerprint density at radius 2 is 2.03 bits per heavy atom. The lowest BCUT2D eigenvalue weighted by Gasteiger charge is -2.06. The Balaban J connectivity index is 1.52. The van der Waals surface area contributed by atoms with Gasteiger partial charge in [-0.1, -0.05) is 23.0 Å². The zero-order valence-corrected chi connectivity index (χ0v) is 16.1. The van der Waals surface area contributed by atoms with Crippen LogP contribution in [0.5, 0.6) is 5.75 Å². The van der Waals surface area contributed by atoms with E-state index < -0.39 is 0 Å². The third kappa shape index (κ3) is 4.16. The molecule has 0 spiro atoms. The second kappa shape index (κ2) is 8.23. The Hall–Kier alpha value is -3.53. The van der Waals surface area contributed by atoms with Crippen LogP contribution in [-0.2, 0) is 4.79 Å². The van der Waals surface area contributed by atoms with Crippen LogP contribution >= 0.6 is 11.8 Å². The fourth-order valence-corrected chi connectivity index (χ4v) is 3.34. The monoisotopic (exact) mass is 410 g/mol. The molecule has 0 radical (unpaired) electrons. The van der Waals surface area contributed by atoms with Gasteiger partial charge in [0.1, 0.15) is 22.9 Å². The molecule has 0 saturated heterocycles. The third-order valence-electron chi connectivity index (χ3n) is 3.97. The second-order valence-electron chi connectivity index (χ2n) is 5.90. The first-order chi connectivity index (χ1) is 14.1. The number of anilines is 1. The lowest BCUT2D eigenvalue weighted by atomic mass is 10.3. The largest absolute Gasteiger partial charge is 0.497 e. The highest BCUT2D eigenvalue weighted by Gasteiger charge is 2.15. The molecule has 10 heteroatoms. The van der Waals surface area contributed by atoms with Crippen molar-refractivity contribution in [3.8, 4) is 11.4 Å². The number of fused-ring (bicyclic) bond motifs is 1. The van der Waals surface area contributed by atoms with Crippen molar-refractivity contribution in [3.05, 3.63) is 60.7 Å². The summed E-state index contributed by atoms with van der Waals surface area (Å²) in [6.07, 6.45) is 1.41. The molecule has 2 aromatic heterocycles. The molecule has 2 aromatic carbocycles. The smallest absolute Gasteiger partial charge is 0.234 e.